The van der Waals surface area contributed by atoms with E-state index in [2.05, 4.69) is 59.6 Å². The number of ether oxygens (including phenoxy) is 4. The molecular weight excluding hydrogens is 534 g/mol. The molecule has 5 aromatic rings. The summed E-state index contributed by atoms with van der Waals surface area (Å²) in [6, 6.07) is 45.1. The van der Waals surface area contributed by atoms with Crippen LogP contribution < -0.4 is 0 Å². The van der Waals surface area contributed by atoms with E-state index in [4.69, 9.17) is 18.9 Å². The maximum Gasteiger partial charge on any atom is 0.113 e. The molecule has 0 bridgehead atoms. The molecule has 43 heavy (non-hydrogen) atoms. The predicted octanol–water partition coefficient (Wildman–Crippen LogP) is 7.97. The number of hydrogen-bond acceptors (Lipinski definition) is 5. The molecule has 0 amide bonds. The lowest BCUT2D eigenvalue weighted by molar-refractivity contribution is -0.222. The molecule has 6 rings (SSSR count). The van der Waals surface area contributed by atoms with Gasteiger partial charge in [-0.25, -0.2) is 0 Å². The van der Waals surface area contributed by atoms with Crippen molar-refractivity contribution in [1.29, 1.82) is 0 Å². The van der Waals surface area contributed by atoms with Crippen LogP contribution in [0.25, 0.3) is 11.3 Å². The number of benzene rings is 4. The average molecular weight is 572 g/mol. The SMILES string of the molecule is c1ccc(COC[C@H]2O[C@H](c3ccccc3-c3ccccn3)C[C@@H](OCc3ccccc3)[C@H]2OCc2ccccc2)cc1. The molecule has 4 aromatic carbocycles. The van der Waals surface area contributed by atoms with Gasteiger partial charge in [0.1, 0.15) is 12.2 Å². The molecule has 1 aliphatic rings. The molecule has 5 heteroatoms. The monoisotopic (exact) mass is 571 g/mol. The highest BCUT2D eigenvalue weighted by Gasteiger charge is 2.41. The second-order valence-electron chi connectivity index (χ2n) is 10.8. The Labute approximate surface area is 254 Å². The van der Waals surface area contributed by atoms with Gasteiger partial charge in [-0.05, 0) is 34.4 Å². The van der Waals surface area contributed by atoms with Gasteiger partial charge in [0, 0.05) is 18.2 Å². The van der Waals surface area contributed by atoms with Crippen molar-refractivity contribution in [1.82, 2.24) is 4.98 Å². The van der Waals surface area contributed by atoms with E-state index < -0.39 is 0 Å². The Balaban J connectivity index is 1.29. The second kappa shape index (κ2) is 14.9. The number of nitrogens with zero attached hydrogens (tertiary/aromatic N) is 1. The summed E-state index contributed by atoms with van der Waals surface area (Å²) in [5.74, 6) is 0. The molecule has 2 heterocycles. The number of hydrogen-bond donors (Lipinski definition) is 0. The Bertz CT molecular complexity index is 1520. The second-order valence-corrected chi connectivity index (χ2v) is 10.8. The minimum absolute atomic E-state index is 0.218. The molecule has 5 nitrogen and oxygen atoms in total. The molecule has 1 fully saturated rings. The summed E-state index contributed by atoms with van der Waals surface area (Å²) in [6.45, 7) is 1.83. The molecule has 1 aliphatic heterocycles. The summed E-state index contributed by atoms with van der Waals surface area (Å²) >= 11 is 0. The Kier molecular flexibility index (Phi) is 10.0. The van der Waals surface area contributed by atoms with Crippen LogP contribution in [0.1, 0.15) is 34.8 Å². The van der Waals surface area contributed by atoms with Gasteiger partial charge in [-0.15, -0.1) is 0 Å². The summed E-state index contributed by atoms with van der Waals surface area (Å²) in [6.07, 6.45) is 1.37. The fourth-order valence-electron chi connectivity index (χ4n) is 5.58. The van der Waals surface area contributed by atoms with Gasteiger partial charge < -0.3 is 18.9 Å². The first-order chi connectivity index (χ1) is 21.3. The van der Waals surface area contributed by atoms with E-state index in [-0.39, 0.29) is 24.4 Å². The third kappa shape index (κ3) is 7.83. The van der Waals surface area contributed by atoms with Crippen LogP contribution in [0.15, 0.2) is 140 Å². The predicted molar refractivity (Wildman–Crippen MR) is 168 cm³/mol. The van der Waals surface area contributed by atoms with Crippen molar-refractivity contribution in [2.75, 3.05) is 6.61 Å². The lowest BCUT2D eigenvalue weighted by atomic mass is 9.90. The van der Waals surface area contributed by atoms with Gasteiger partial charge in [0.15, 0.2) is 0 Å². The van der Waals surface area contributed by atoms with E-state index in [0.717, 1.165) is 33.5 Å². The third-order valence-electron chi connectivity index (χ3n) is 7.75. The van der Waals surface area contributed by atoms with Crippen molar-refractivity contribution in [2.24, 2.45) is 0 Å². The van der Waals surface area contributed by atoms with E-state index >= 15 is 0 Å². The highest BCUT2D eigenvalue weighted by atomic mass is 16.6. The quantitative estimate of drug-likeness (QED) is 0.152. The Morgan fingerprint density at radius 3 is 1.84 bits per heavy atom. The number of pyridine rings is 1. The van der Waals surface area contributed by atoms with Crippen LogP contribution in [-0.2, 0) is 38.8 Å². The van der Waals surface area contributed by atoms with E-state index in [1.807, 2.05) is 85.1 Å². The Morgan fingerprint density at radius 1 is 0.605 bits per heavy atom. The summed E-state index contributed by atoms with van der Waals surface area (Å²) in [5.41, 5.74) is 6.41. The van der Waals surface area contributed by atoms with Crippen LogP contribution in [0, 0.1) is 0 Å². The molecule has 218 valence electrons. The van der Waals surface area contributed by atoms with E-state index in [0.29, 0.717) is 32.8 Å². The molecular formula is C38H37NO4. The Hall–Kier alpha value is -4.13. The van der Waals surface area contributed by atoms with Gasteiger partial charge in [-0.1, -0.05) is 121 Å². The van der Waals surface area contributed by atoms with Crippen LogP contribution in [0.2, 0.25) is 0 Å². The van der Waals surface area contributed by atoms with E-state index in [1.54, 1.807) is 0 Å². The summed E-state index contributed by atoms with van der Waals surface area (Å²) in [4.78, 5) is 4.64. The molecule has 0 spiro atoms. The molecule has 1 saturated heterocycles. The zero-order valence-corrected chi connectivity index (χ0v) is 24.2. The summed E-state index contributed by atoms with van der Waals surface area (Å²) < 4.78 is 26.5. The van der Waals surface area contributed by atoms with Crippen LogP contribution >= 0.6 is 0 Å². The van der Waals surface area contributed by atoms with Crippen molar-refractivity contribution >= 4 is 0 Å². The van der Waals surface area contributed by atoms with Crippen LogP contribution in [0.5, 0.6) is 0 Å². The highest BCUT2D eigenvalue weighted by Crippen LogP contribution is 2.39. The minimum atomic E-state index is -0.344. The first kappa shape index (κ1) is 29.0. The molecule has 4 atom stereocenters. The maximum absolute atomic E-state index is 6.90. The van der Waals surface area contributed by atoms with Crippen molar-refractivity contribution < 1.29 is 18.9 Å². The fraction of sp³-hybridized carbons (Fsp3) is 0.237. The largest absolute Gasteiger partial charge is 0.374 e. The van der Waals surface area contributed by atoms with Gasteiger partial charge >= 0.3 is 0 Å². The lowest BCUT2D eigenvalue weighted by Gasteiger charge is -2.42. The van der Waals surface area contributed by atoms with Crippen LogP contribution in [0.3, 0.4) is 0 Å². The zero-order chi connectivity index (χ0) is 29.1. The van der Waals surface area contributed by atoms with Crippen molar-refractivity contribution in [2.45, 2.75) is 50.7 Å². The van der Waals surface area contributed by atoms with Gasteiger partial charge in [0.05, 0.1) is 44.3 Å². The van der Waals surface area contributed by atoms with E-state index in [1.165, 1.54) is 0 Å². The number of rotatable bonds is 12. The molecule has 0 saturated carbocycles. The topological polar surface area (TPSA) is 49.8 Å². The highest BCUT2D eigenvalue weighted by molar-refractivity contribution is 5.64. The fourth-order valence-corrected chi connectivity index (χ4v) is 5.58. The smallest absolute Gasteiger partial charge is 0.113 e. The minimum Gasteiger partial charge on any atom is -0.374 e. The summed E-state index contributed by atoms with van der Waals surface area (Å²) in [5, 5.41) is 0. The third-order valence-corrected chi connectivity index (χ3v) is 7.75. The molecule has 0 radical (unpaired) electrons. The van der Waals surface area contributed by atoms with Gasteiger partial charge in [-0.2, -0.15) is 0 Å². The molecule has 0 aliphatic carbocycles. The first-order valence-electron chi connectivity index (χ1n) is 14.9. The number of aromatic nitrogens is 1. The van der Waals surface area contributed by atoms with Crippen molar-refractivity contribution in [3.8, 4) is 11.3 Å². The summed E-state index contributed by atoms with van der Waals surface area (Å²) in [7, 11) is 0. The molecule has 0 unspecified atom stereocenters. The molecule has 0 N–H and O–H groups in total. The molecule has 1 aromatic heterocycles. The zero-order valence-electron chi connectivity index (χ0n) is 24.2. The first-order valence-corrected chi connectivity index (χ1v) is 14.9. The maximum atomic E-state index is 6.90. The van der Waals surface area contributed by atoms with Gasteiger partial charge in [0.2, 0.25) is 0 Å². The average Bonchev–Trinajstić information content (AvgIpc) is 3.08. The van der Waals surface area contributed by atoms with Crippen molar-refractivity contribution in [3.63, 3.8) is 0 Å². The van der Waals surface area contributed by atoms with Crippen LogP contribution in [0.4, 0.5) is 0 Å². The van der Waals surface area contributed by atoms with E-state index in [9.17, 15) is 0 Å². The lowest BCUT2D eigenvalue weighted by Crippen LogP contribution is -2.50. The van der Waals surface area contributed by atoms with Crippen molar-refractivity contribution in [3.05, 3.63) is 162 Å². The Morgan fingerprint density at radius 2 is 1.19 bits per heavy atom. The standard InChI is InChI=1S/C38H37NO4/c1-4-14-29(15-5-1)25-40-28-37-38(42-27-31-18-8-3-9-19-31)36(41-26-30-16-6-2-7-17-30)24-35(43-37)33-21-11-10-20-32(33)34-22-12-13-23-39-34/h1-23,35-38H,24-28H2/t35-,36+,37+,38+/m0/s1. The normalized spacial score (nSPS) is 20.1. The van der Waals surface area contributed by atoms with Crippen LogP contribution in [-0.4, -0.2) is 29.9 Å². The van der Waals surface area contributed by atoms with Gasteiger partial charge in [0.25, 0.3) is 0 Å². The van der Waals surface area contributed by atoms with Gasteiger partial charge in [-0.3, -0.25) is 4.98 Å².